The fourth-order valence-corrected chi connectivity index (χ4v) is 3.75. The van der Waals surface area contributed by atoms with Gasteiger partial charge in [-0.2, -0.15) is 0 Å². The normalized spacial score (nSPS) is 15.9. The zero-order chi connectivity index (χ0) is 22.2. The first-order chi connectivity index (χ1) is 14.9. The Morgan fingerprint density at radius 3 is 2.19 bits per heavy atom. The van der Waals surface area contributed by atoms with E-state index in [-0.39, 0.29) is 12.0 Å². The third-order valence-electron chi connectivity index (χ3n) is 5.41. The lowest BCUT2D eigenvalue weighted by molar-refractivity contribution is -0.114. The van der Waals surface area contributed by atoms with E-state index in [1.807, 2.05) is 36.4 Å². The van der Waals surface area contributed by atoms with Gasteiger partial charge in [0.15, 0.2) is 0 Å². The van der Waals surface area contributed by atoms with E-state index in [1.165, 1.54) is 12.5 Å². The van der Waals surface area contributed by atoms with Gasteiger partial charge in [-0.3, -0.25) is 9.69 Å². The van der Waals surface area contributed by atoms with Gasteiger partial charge in [0.05, 0.1) is 5.56 Å². The Labute approximate surface area is 183 Å². The number of anilines is 1. The van der Waals surface area contributed by atoms with Gasteiger partial charge in [0, 0.05) is 51.9 Å². The van der Waals surface area contributed by atoms with E-state index >= 15 is 0 Å². The molecule has 2 N–H and O–H groups in total. The SMILES string of the molecule is CC(=O)Nc1ccc(OC(C)CN2CCN(CCc3ccc(C(=O)O)cc3)CC2)cc1. The molecule has 1 fully saturated rings. The van der Waals surface area contributed by atoms with Crippen LogP contribution in [0.2, 0.25) is 0 Å². The maximum Gasteiger partial charge on any atom is 0.335 e. The predicted octanol–water partition coefficient (Wildman–Crippen LogP) is 2.97. The Balaban J connectivity index is 1.36. The van der Waals surface area contributed by atoms with Gasteiger partial charge in [0.25, 0.3) is 0 Å². The second-order valence-electron chi connectivity index (χ2n) is 8.03. The quantitative estimate of drug-likeness (QED) is 0.643. The highest BCUT2D eigenvalue weighted by atomic mass is 16.5. The Morgan fingerprint density at radius 2 is 1.61 bits per heavy atom. The molecule has 1 aliphatic rings. The zero-order valence-electron chi connectivity index (χ0n) is 18.2. The van der Waals surface area contributed by atoms with Crippen molar-refractivity contribution in [3.63, 3.8) is 0 Å². The molecule has 0 aliphatic carbocycles. The van der Waals surface area contributed by atoms with Gasteiger partial charge < -0.3 is 20.1 Å². The van der Waals surface area contributed by atoms with Crippen LogP contribution in [-0.2, 0) is 11.2 Å². The van der Waals surface area contributed by atoms with Crippen molar-refractivity contribution in [2.45, 2.75) is 26.4 Å². The Hall–Kier alpha value is -2.90. The third-order valence-corrected chi connectivity index (χ3v) is 5.41. The number of carbonyl (C=O) groups is 2. The van der Waals surface area contributed by atoms with Crippen molar-refractivity contribution in [1.82, 2.24) is 9.80 Å². The number of carboxylic acid groups (broad SMARTS) is 1. The molecule has 3 rings (SSSR count). The molecule has 1 atom stereocenters. The van der Waals surface area contributed by atoms with Gasteiger partial charge in [0.1, 0.15) is 11.9 Å². The van der Waals surface area contributed by atoms with Crippen LogP contribution in [0.3, 0.4) is 0 Å². The average molecular weight is 426 g/mol. The minimum absolute atomic E-state index is 0.0749. The second-order valence-corrected chi connectivity index (χ2v) is 8.03. The van der Waals surface area contributed by atoms with Gasteiger partial charge in [-0.05, 0) is 55.3 Å². The van der Waals surface area contributed by atoms with Crippen LogP contribution in [-0.4, -0.2) is 72.2 Å². The minimum atomic E-state index is -0.886. The van der Waals surface area contributed by atoms with E-state index in [0.717, 1.165) is 57.1 Å². The lowest BCUT2D eigenvalue weighted by Crippen LogP contribution is -2.49. The number of ether oxygens (including phenoxy) is 1. The van der Waals surface area contributed by atoms with E-state index < -0.39 is 5.97 Å². The molecule has 7 heteroatoms. The standard InChI is InChI=1S/C24H31N3O4/c1-18(31-23-9-7-22(8-10-23)25-19(2)28)17-27-15-13-26(14-16-27)12-11-20-3-5-21(6-4-20)24(29)30/h3-10,18H,11-17H2,1-2H3,(H,25,28)(H,29,30). The predicted molar refractivity (Wildman–Crippen MR) is 121 cm³/mol. The summed E-state index contributed by atoms with van der Waals surface area (Å²) in [6.07, 6.45) is 0.999. The number of hydrogen-bond acceptors (Lipinski definition) is 5. The average Bonchev–Trinajstić information content (AvgIpc) is 2.74. The molecule has 31 heavy (non-hydrogen) atoms. The Bertz CT molecular complexity index is 859. The first-order valence-electron chi connectivity index (χ1n) is 10.7. The topological polar surface area (TPSA) is 82.1 Å². The Kier molecular flexibility index (Phi) is 8.03. The largest absolute Gasteiger partial charge is 0.489 e. The number of carbonyl (C=O) groups excluding carboxylic acids is 1. The number of aromatic carboxylic acids is 1. The van der Waals surface area contributed by atoms with E-state index in [9.17, 15) is 9.59 Å². The second kappa shape index (κ2) is 10.9. The first-order valence-corrected chi connectivity index (χ1v) is 10.7. The van der Waals surface area contributed by atoms with E-state index in [1.54, 1.807) is 12.1 Å². The van der Waals surface area contributed by atoms with Gasteiger partial charge in [-0.15, -0.1) is 0 Å². The summed E-state index contributed by atoms with van der Waals surface area (Å²) in [5.41, 5.74) is 2.26. The first kappa shape index (κ1) is 22.8. The highest BCUT2D eigenvalue weighted by molar-refractivity contribution is 5.88. The molecule has 7 nitrogen and oxygen atoms in total. The molecule has 1 aliphatic heterocycles. The van der Waals surface area contributed by atoms with Gasteiger partial charge in [-0.25, -0.2) is 4.79 Å². The van der Waals surface area contributed by atoms with Crippen LogP contribution in [0.15, 0.2) is 48.5 Å². The smallest absolute Gasteiger partial charge is 0.335 e. The lowest BCUT2D eigenvalue weighted by atomic mass is 10.1. The van der Waals surface area contributed by atoms with Crippen molar-refractivity contribution in [1.29, 1.82) is 0 Å². The summed E-state index contributed by atoms with van der Waals surface area (Å²) in [5.74, 6) is -0.172. The van der Waals surface area contributed by atoms with Crippen LogP contribution in [0.25, 0.3) is 0 Å². The summed E-state index contributed by atoms with van der Waals surface area (Å²) < 4.78 is 6.03. The number of rotatable bonds is 9. The number of amides is 1. The van der Waals surface area contributed by atoms with E-state index in [4.69, 9.17) is 9.84 Å². The van der Waals surface area contributed by atoms with Crippen LogP contribution in [0.5, 0.6) is 5.75 Å². The van der Waals surface area contributed by atoms with Crippen LogP contribution in [0.4, 0.5) is 5.69 Å². The van der Waals surface area contributed by atoms with Crippen LogP contribution >= 0.6 is 0 Å². The molecule has 1 saturated heterocycles. The minimum Gasteiger partial charge on any atom is -0.489 e. The number of piperazine rings is 1. The van der Waals surface area contributed by atoms with Crippen LogP contribution in [0.1, 0.15) is 29.8 Å². The Morgan fingerprint density at radius 1 is 1.00 bits per heavy atom. The molecule has 166 valence electrons. The number of benzene rings is 2. The van der Waals surface area contributed by atoms with Crippen LogP contribution < -0.4 is 10.1 Å². The highest BCUT2D eigenvalue weighted by Crippen LogP contribution is 2.17. The molecule has 1 unspecified atom stereocenters. The molecule has 0 aromatic heterocycles. The molecule has 2 aromatic rings. The third kappa shape index (κ3) is 7.38. The number of carboxylic acids is 1. The van der Waals surface area contributed by atoms with Crippen molar-refractivity contribution in [2.75, 3.05) is 44.6 Å². The summed E-state index contributed by atoms with van der Waals surface area (Å²) in [7, 11) is 0. The van der Waals surface area contributed by atoms with E-state index in [2.05, 4.69) is 22.0 Å². The molecule has 0 bridgehead atoms. The maximum atomic E-state index is 11.1. The summed E-state index contributed by atoms with van der Waals surface area (Å²) in [6.45, 7) is 9.47. The van der Waals surface area contributed by atoms with Crippen molar-refractivity contribution < 1.29 is 19.4 Å². The van der Waals surface area contributed by atoms with Gasteiger partial charge in [-0.1, -0.05) is 12.1 Å². The number of nitrogens with zero attached hydrogens (tertiary/aromatic N) is 2. The zero-order valence-corrected chi connectivity index (χ0v) is 18.2. The van der Waals surface area contributed by atoms with Crippen molar-refractivity contribution in [3.05, 3.63) is 59.7 Å². The fraction of sp³-hybridized carbons (Fsp3) is 0.417. The monoisotopic (exact) mass is 425 g/mol. The highest BCUT2D eigenvalue weighted by Gasteiger charge is 2.19. The maximum absolute atomic E-state index is 11.1. The molecule has 2 aromatic carbocycles. The molecule has 0 saturated carbocycles. The fourth-order valence-electron chi connectivity index (χ4n) is 3.75. The van der Waals surface area contributed by atoms with Gasteiger partial charge >= 0.3 is 5.97 Å². The molecular formula is C24H31N3O4. The van der Waals surface area contributed by atoms with E-state index in [0.29, 0.717) is 5.56 Å². The van der Waals surface area contributed by atoms with Crippen molar-refractivity contribution >= 4 is 17.6 Å². The molecule has 0 radical (unpaired) electrons. The van der Waals surface area contributed by atoms with Crippen molar-refractivity contribution in [2.24, 2.45) is 0 Å². The molecule has 1 amide bonds. The lowest BCUT2D eigenvalue weighted by Gasteiger charge is -2.35. The number of nitrogens with one attached hydrogen (secondary N) is 1. The van der Waals surface area contributed by atoms with Crippen molar-refractivity contribution in [3.8, 4) is 5.75 Å². The molecule has 1 heterocycles. The molecule has 0 spiro atoms. The summed E-state index contributed by atoms with van der Waals surface area (Å²) in [6, 6.07) is 14.6. The molecular weight excluding hydrogens is 394 g/mol. The van der Waals surface area contributed by atoms with Crippen LogP contribution in [0, 0.1) is 0 Å². The van der Waals surface area contributed by atoms with Gasteiger partial charge in [0.2, 0.25) is 5.91 Å². The summed E-state index contributed by atoms with van der Waals surface area (Å²) >= 11 is 0. The number of hydrogen-bond donors (Lipinski definition) is 2. The summed E-state index contributed by atoms with van der Waals surface area (Å²) in [5, 5.41) is 11.7. The summed E-state index contributed by atoms with van der Waals surface area (Å²) in [4.78, 5) is 26.9.